The molecule has 2 aliphatic heterocycles. The molecule has 264 valence electrons. The molecule has 1 saturated heterocycles. The molecule has 0 radical (unpaired) electrons. The first-order chi connectivity index (χ1) is 24.5. The fourth-order valence-corrected chi connectivity index (χ4v) is 7.00. The Bertz CT molecular complexity index is 2070. The number of amides is 4. The van der Waals surface area contributed by atoms with E-state index in [1.54, 1.807) is 18.2 Å². The van der Waals surface area contributed by atoms with E-state index in [-0.39, 0.29) is 82.4 Å². The molecule has 4 amide bonds. The smallest absolute Gasteiger partial charge is 0.336 e. The quantitative estimate of drug-likeness (QED) is 0.0992. The summed E-state index contributed by atoms with van der Waals surface area (Å²) in [5.41, 5.74) is 1.24. The van der Waals surface area contributed by atoms with Crippen molar-refractivity contribution in [1.82, 2.24) is 15.7 Å². The predicted octanol–water partition coefficient (Wildman–Crippen LogP) is 3.86. The molecule has 2 aromatic rings. The number of carboxylic acid groups (broad SMARTS) is 1. The Morgan fingerprint density at radius 2 is 1.55 bits per heavy atom. The van der Waals surface area contributed by atoms with Crippen molar-refractivity contribution in [2.45, 2.75) is 57.0 Å². The zero-order valence-corrected chi connectivity index (χ0v) is 28.0. The molecule has 14 nitrogen and oxygen atoms in total. The van der Waals surface area contributed by atoms with Gasteiger partial charge in [0.15, 0.2) is 5.43 Å². The number of phenolic OH excluding ortho intramolecular Hbond substituents is 1. The third-order valence-electron chi connectivity index (χ3n) is 8.77. The second-order valence-electron chi connectivity index (χ2n) is 12.3. The van der Waals surface area contributed by atoms with E-state index in [2.05, 4.69) is 10.6 Å². The zero-order chi connectivity index (χ0) is 36.2. The molecule has 6 rings (SSSR count). The second kappa shape index (κ2) is 15.0. The minimum absolute atomic E-state index is 0.0145. The number of hydroxylamine groups is 2. The number of carboxylic acids is 1. The highest BCUT2D eigenvalue weighted by atomic mass is 32.2. The number of benzene rings is 3. The Morgan fingerprint density at radius 3 is 2.25 bits per heavy atom. The summed E-state index contributed by atoms with van der Waals surface area (Å²) in [7, 11) is 0. The number of imide groups is 1. The molecule has 0 bridgehead atoms. The highest BCUT2D eigenvalue weighted by Crippen LogP contribution is 2.42. The number of nitrogens with zero attached hydrogens (tertiary/aromatic N) is 1. The summed E-state index contributed by atoms with van der Waals surface area (Å²) in [5, 5.41) is 27.2. The van der Waals surface area contributed by atoms with Crippen molar-refractivity contribution in [1.29, 1.82) is 0 Å². The van der Waals surface area contributed by atoms with Crippen LogP contribution >= 0.6 is 11.8 Å². The molecule has 0 unspecified atom stereocenters. The van der Waals surface area contributed by atoms with Crippen molar-refractivity contribution in [2.24, 2.45) is 0 Å². The number of aromatic carboxylic acids is 1. The average Bonchev–Trinajstić information content (AvgIpc) is 3.41. The lowest BCUT2D eigenvalue weighted by molar-refractivity contribution is -0.197. The van der Waals surface area contributed by atoms with Crippen LogP contribution in [0.3, 0.4) is 0 Å². The summed E-state index contributed by atoms with van der Waals surface area (Å²) in [6.45, 7) is 0. The fourth-order valence-electron chi connectivity index (χ4n) is 6.28. The van der Waals surface area contributed by atoms with Gasteiger partial charge in [0.2, 0.25) is 5.91 Å². The maximum absolute atomic E-state index is 13.3. The van der Waals surface area contributed by atoms with Gasteiger partial charge in [-0.25, -0.2) is 9.59 Å². The van der Waals surface area contributed by atoms with Gasteiger partial charge in [-0.1, -0.05) is 6.07 Å². The highest BCUT2D eigenvalue weighted by molar-refractivity contribution is 7.99. The minimum Gasteiger partial charge on any atom is -0.508 e. The predicted molar refractivity (Wildman–Crippen MR) is 184 cm³/mol. The van der Waals surface area contributed by atoms with Gasteiger partial charge in [-0.2, -0.15) is 11.8 Å². The van der Waals surface area contributed by atoms with Gasteiger partial charge < -0.3 is 30.1 Å². The van der Waals surface area contributed by atoms with Gasteiger partial charge in [0.1, 0.15) is 17.1 Å². The fraction of sp³-hybridized carbons (Fsp3) is 0.306. The van der Waals surface area contributed by atoms with Crippen LogP contribution in [0.5, 0.6) is 5.75 Å². The van der Waals surface area contributed by atoms with E-state index in [1.807, 2.05) is 0 Å². The second-order valence-corrected chi connectivity index (χ2v) is 13.4. The van der Waals surface area contributed by atoms with Crippen molar-refractivity contribution < 1.29 is 48.2 Å². The third-order valence-corrected chi connectivity index (χ3v) is 9.73. The van der Waals surface area contributed by atoms with Crippen LogP contribution in [0.2, 0.25) is 0 Å². The molecule has 0 atom stereocenters. The lowest BCUT2D eigenvalue weighted by Gasteiger charge is -2.29. The molecule has 2 aliphatic carbocycles. The Hall–Kier alpha value is -5.70. The maximum Gasteiger partial charge on any atom is 0.336 e. The lowest BCUT2D eigenvalue weighted by atomic mass is 9.89. The molecule has 1 saturated carbocycles. The van der Waals surface area contributed by atoms with Crippen LogP contribution in [0, 0.1) is 0 Å². The van der Waals surface area contributed by atoms with Crippen LogP contribution < -0.4 is 16.1 Å². The van der Waals surface area contributed by atoms with Crippen LogP contribution in [0.15, 0.2) is 63.8 Å². The number of fused-ring (bicyclic) bond motifs is 2. The van der Waals surface area contributed by atoms with Gasteiger partial charge in [-0.05, 0) is 67.6 Å². The largest absolute Gasteiger partial charge is 0.508 e. The number of nitrogens with one attached hydrogen (secondary N) is 2. The molecule has 2 aromatic carbocycles. The Balaban J connectivity index is 1.03. The zero-order valence-electron chi connectivity index (χ0n) is 27.1. The first-order valence-corrected chi connectivity index (χ1v) is 17.4. The van der Waals surface area contributed by atoms with E-state index >= 15 is 0 Å². The minimum atomic E-state index is -1.26. The first kappa shape index (κ1) is 35.1. The van der Waals surface area contributed by atoms with Crippen molar-refractivity contribution >= 4 is 58.3 Å². The Morgan fingerprint density at radius 1 is 0.863 bits per heavy atom. The van der Waals surface area contributed by atoms with E-state index in [0.717, 1.165) is 0 Å². The van der Waals surface area contributed by atoms with Crippen LogP contribution in [0.1, 0.15) is 65.7 Å². The van der Waals surface area contributed by atoms with Crippen LogP contribution in [-0.2, 0) is 24.0 Å². The summed E-state index contributed by atoms with van der Waals surface area (Å²) in [6.07, 6.45) is 2.37. The standard InChI is InChI=1S/C36H33N3O11S/c40-22-6-9-25-28(16-22)49-29-17-23(41)7-10-26(29)34(25)24-8-1-19(15-27(24)36(47)48)35(46)38-21-4-2-20(3-5-21)37-30(42)18-51-14-13-33(45)50-39-31(43)11-12-32(39)44/h1,6-10,15-17,20-21,40H,2-5,11-14,18H2,(H,37,42)(H,38,46)(H,47,48). The third kappa shape index (κ3) is 8.04. The molecule has 4 N–H and O–H groups in total. The number of hydrogen-bond acceptors (Lipinski definition) is 11. The number of carbonyl (C=O) groups excluding carboxylic acids is 5. The normalized spacial score (nSPS) is 17.5. The number of hydrogen-bond donors (Lipinski definition) is 4. The summed E-state index contributed by atoms with van der Waals surface area (Å²) < 4.78 is 5.87. The molecule has 15 heteroatoms. The molecule has 2 fully saturated rings. The first-order valence-electron chi connectivity index (χ1n) is 16.3. The van der Waals surface area contributed by atoms with Crippen molar-refractivity contribution in [3.8, 4) is 28.2 Å². The maximum atomic E-state index is 13.3. The van der Waals surface area contributed by atoms with Gasteiger partial charge in [0, 0.05) is 64.9 Å². The molecule has 51 heavy (non-hydrogen) atoms. The number of thioether (sulfide) groups is 1. The Labute approximate surface area is 294 Å². The average molecular weight is 716 g/mol. The summed E-state index contributed by atoms with van der Waals surface area (Å²) in [5.74, 6) is -3.20. The van der Waals surface area contributed by atoms with Gasteiger partial charge in [0.05, 0.1) is 17.7 Å². The van der Waals surface area contributed by atoms with Crippen LogP contribution in [-0.4, -0.2) is 74.4 Å². The topological polar surface area (TPSA) is 210 Å². The summed E-state index contributed by atoms with van der Waals surface area (Å²) >= 11 is 1.22. The number of carbonyl (C=O) groups is 6. The van der Waals surface area contributed by atoms with E-state index in [4.69, 9.17) is 9.25 Å². The monoisotopic (exact) mass is 715 g/mol. The Kier molecular flexibility index (Phi) is 10.4. The number of rotatable bonds is 11. The van der Waals surface area contributed by atoms with Gasteiger partial charge in [-0.3, -0.25) is 24.0 Å². The van der Waals surface area contributed by atoms with E-state index in [9.17, 15) is 43.8 Å². The van der Waals surface area contributed by atoms with Crippen LogP contribution in [0.25, 0.3) is 33.4 Å². The molecular formula is C36H33N3O11S. The van der Waals surface area contributed by atoms with Crippen LogP contribution in [0.4, 0.5) is 0 Å². The van der Waals surface area contributed by atoms with Crippen molar-refractivity contribution in [3.63, 3.8) is 0 Å². The molecule has 0 spiro atoms. The van der Waals surface area contributed by atoms with E-state index in [0.29, 0.717) is 52.8 Å². The SMILES string of the molecule is O=C(CSCCC(=O)ON1C(=O)CCC1=O)NC1CCC(NC(=O)c2ccc(-c3c4ccc(=O)cc-4oc4cc(O)ccc34)c(C(=O)O)c2)CC1. The van der Waals surface area contributed by atoms with E-state index < -0.39 is 29.7 Å². The molecular weight excluding hydrogens is 682 g/mol. The van der Waals surface area contributed by atoms with Gasteiger partial charge in [-0.15, -0.1) is 5.06 Å². The molecule has 4 aliphatic rings. The highest BCUT2D eigenvalue weighted by Gasteiger charge is 2.33. The van der Waals surface area contributed by atoms with E-state index in [1.165, 1.54) is 48.2 Å². The number of aromatic hydroxyl groups is 1. The molecule has 2 heterocycles. The summed E-state index contributed by atoms with van der Waals surface area (Å²) in [4.78, 5) is 90.2. The van der Waals surface area contributed by atoms with Crippen molar-refractivity contribution in [3.05, 3.63) is 75.9 Å². The van der Waals surface area contributed by atoms with Gasteiger partial charge >= 0.3 is 11.9 Å². The molecule has 0 aromatic heterocycles. The van der Waals surface area contributed by atoms with Crippen molar-refractivity contribution in [2.75, 3.05) is 11.5 Å². The summed E-state index contributed by atoms with van der Waals surface area (Å²) in [6, 6.07) is 12.7. The lowest BCUT2D eigenvalue weighted by Crippen LogP contribution is -2.44. The van der Waals surface area contributed by atoms with Gasteiger partial charge in [0.25, 0.3) is 17.7 Å². The number of phenols is 1.